The molecule has 5 nitrogen and oxygen atoms in total. The van der Waals surface area contributed by atoms with Gasteiger partial charge in [-0.15, -0.1) is 0 Å². The Hall–Kier alpha value is -1.62. The fourth-order valence-electron chi connectivity index (χ4n) is 1.50. The van der Waals surface area contributed by atoms with E-state index in [4.69, 9.17) is 11.6 Å². The number of halogens is 1. The lowest BCUT2D eigenvalue weighted by molar-refractivity contribution is 0.746. The number of nitrogens with one attached hydrogen (secondary N) is 1. The first kappa shape index (κ1) is 11.9. The molecule has 0 saturated heterocycles. The molecule has 0 radical (unpaired) electrons. The molecule has 0 spiro atoms. The van der Waals surface area contributed by atoms with Crippen LogP contribution in [0.3, 0.4) is 0 Å². The Morgan fingerprint density at radius 2 is 2.12 bits per heavy atom. The molecule has 0 atom stereocenters. The molecule has 2 heterocycles. The highest BCUT2D eigenvalue weighted by Crippen LogP contribution is 2.19. The van der Waals surface area contributed by atoms with Gasteiger partial charge in [0.1, 0.15) is 16.8 Å². The Morgan fingerprint density at radius 3 is 2.76 bits per heavy atom. The van der Waals surface area contributed by atoms with Gasteiger partial charge >= 0.3 is 0 Å². The molecular weight excluding hydrogens is 238 g/mol. The fourth-order valence-corrected chi connectivity index (χ4v) is 1.71. The van der Waals surface area contributed by atoms with Crippen molar-refractivity contribution < 1.29 is 0 Å². The van der Waals surface area contributed by atoms with Gasteiger partial charge in [0, 0.05) is 18.8 Å². The number of nitrogens with zero attached hydrogens (tertiary/aromatic N) is 4. The van der Waals surface area contributed by atoms with E-state index in [1.54, 1.807) is 4.68 Å². The molecule has 6 heteroatoms. The summed E-state index contributed by atoms with van der Waals surface area (Å²) < 4.78 is 1.77. The van der Waals surface area contributed by atoms with Crippen LogP contribution in [0.15, 0.2) is 12.3 Å². The number of hydrogen-bond donors (Lipinski definition) is 1. The van der Waals surface area contributed by atoms with E-state index in [1.807, 2.05) is 33.2 Å². The fraction of sp³-hybridized carbons (Fsp3) is 0.364. The lowest BCUT2D eigenvalue weighted by Gasteiger charge is -2.08. The van der Waals surface area contributed by atoms with E-state index in [1.165, 1.54) is 0 Å². The molecule has 0 amide bonds. The van der Waals surface area contributed by atoms with E-state index < -0.39 is 0 Å². The molecule has 0 aliphatic heterocycles. The van der Waals surface area contributed by atoms with Crippen LogP contribution in [0.2, 0.25) is 5.15 Å². The third-order valence-electron chi connectivity index (χ3n) is 2.40. The minimum Gasteiger partial charge on any atom is -0.364 e. The number of aryl methyl sites for hydroxylation is 2. The van der Waals surface area contributed by atoms with E-state index >= 15 is 0 Å². The van der Waals surface area contributed by atoms with Gasteiger partial charge in [-0.3, -0.25) is 4.68 Å². The van der Waals surface area contributed by atoms with Crippen LogP contribution in [-0.4, -0.2) is 19.7 Å². The highest BCUT2D eigenvalue weighted by molar-refractivity contribution is 6.30. The highest BCUT2D eigenvalue weighted by Gasteiger charge is 2.07. The molecule has 0 bridgehead atoms. The Balaban J connectivity index is 2.14. The van der Waals surface area contributed by atoms with Gasteiger partial charge < -0.3 is 5.32 Å². The third kappa shape index (κ3) is 2.74. The number of anilines is 1. The average molecular weight is 252 g/mol. The van der Waals surface area contributed by atoms with Crippen molar-refractivity contribution in [2.24, 2.45) is 7.05 Å². The standard InChI is InChI=1S/C11H14ClN5/c1-7-10(12)14-8(2)15-11(7)13-6-9-4-5-17(3)16-9/h4-5H,6H2,1-3H3,(H,13,14,15). The number of aromatic nitrogens is 4. The molecule has 2 rings (SSSR count). The predicted molar refractivity (Wildman–Crippen MR) is 67.1 cm³/mol. The molecule has 2 aromatic heterocycles. The monoisotopic (exact) mass is 251 g/mol. The third-order valence-corrected chi connectivity index (χ3v) is 2.77. The number of hydrogen-bond acceptors (Lipinski definition) is 4. The first-order chi connectivity index (χ1) is 8.06. The van der Waals surface area contributed by atoms with Crippen molar-refractivity contribution in [2.45, 2.75) is 20.4 Å². The number of rotatable bonds is 3. The Kier molecular flexibility index (Phi) is 3.28. The van der Waals surface area contributed by atoms with Gasteiger partial charge in [-0.25, -0.2) is 9.97 Å². The molecule has 17 heavy (non-hydrogen) atoms. The summed E-state index contributed by atoms with van der Waals surface area (Å²) in [6.07, 6.45) is 1.90. The van der Waals surface area contributed by atoms with Crippen LogP contribution in [-0.2, 0) is 13.6 Å². The van der Waals surface area contributed by atoms with Gasteiger partial charge in [0.05, 0.1) is 12.2 Å². The van der Waals surface area contributed by atoms with Crippen molar-refractivity contribution in [3.63, 3.8) is 0 Å². The van der Waals surface area contributed by atoms with Gasteiger partial charge in [0.25, 0.3) is 0 Å². The second-order valence-corrected chi connectivity index (χ2v) is 4.23. The maximum absolute atomic E-state index is 5.99. The molecule has 0 aliphatic rings. The molecule has 90 valence electrons. The zero-order chi connectivity index (χ0) is 12.4. The summed E-state index contributed by atoms with van der Waals surface area (Å²) in [5, 5.41) is 7.98. The first-order valence-corrected chi connectivity index (χ1v) is 5.67. The average Bonchev–Trinajstić information content (AvgIpc) is 2.67. The maximum atomic E-state index is 5.99. The highest BCUT2D eigenvalue weighted by atomic mass is 35.5. The van der Waals surface area contributed by atoms with E-state index in [2.05, 4.69) is 20.4 Å². The topological polar surface area (TPSA) is 55.6 Å². The van der Waals surface area contributed by atoms with Crippen LogP contribution in [0, 0.1) is 13.8 Å². The summed E-state index contributed by atoms with van der Waals surface area (Å²) in [6, 6.07) is 1.96. The van der Waals surface area contributed by atoms with Crippen LogP contribution in [0.5, 0.6) is 0 Å². The Labute approximate surface area is 105 Å². The van der Waals surface area contributed by atoms with Gasteiger partial charge in [0.15, 0.2) is 0 Å². The first-order valence-electron chi connectivity index (χ1n) is 5.29. The summed E-state index contributed by atoms with van der Waals surface area (Å²) >= 11 is 5.99. The van der Waals surface area contributed by atoms with Gasteiger partial charge in [-0.1, -0.05) is 11.6 Å². The molecule has 2 aromatic rings. The van der Waals surface area contributed by atoms with Crippen LogP contribution in [0.25, 0.3) is 0 Å². The quantitative estimate of drug-likeness (QED) is 0.849. The summed E-state index contributed by atoms with van der Waals surface area (Å²) in [5.74, 6) is 1.41. The second-order valence-electron chi connectivity index (χ2n) is 3.87. The van der Waals surface area contributed by atoms with Crippen LogP contribution < -0.4 is 5.32 Å². The summed E-state index contributed by atoms with van der Waals surface area (Å²) in [5.41, 5.74) is 1.81. The van der Waals surface area contributed by atoms with Gasteiger partial charge in [-0.05, 0) is 19.9 Å². The van der Waals surface area contributed by atoms with Crippen LogP contribution >= 0.6 is 11.6 Å². The summed E-state index contributed by atoms with van der Waals surface area (Å²) in [4.78, 5) is 8.40. The molecule has 0 fully saturated rings. The predicted octanol–water partition coefficient (Wildman–Crippen LogP) is 2.09. The lowest BCUT2D eigenvalue weighted by Crippen LogP contribution is -2.06. The van der Waals surface area contributed by atoms with Gasteiger partial charge in [0.2, 0.25) is 0 Å². The molecule has 1 N–H and O–H groups in total. The largest absolute Gasteiger partial charge is 0.364 e. The van der Waals surface area contributed by atoms with Crippen LogP contribution in [0.1, 0.15) is 17.1 Å². The maximum Gasteiger partial charge on any atom is 0.137 e. The van der Waals surface area contributed by atoms with Crippen molar-refractivity contribution in [1.82, 2.24) is 19.7 Å². The van der Waals surface area contributed by atoms with E-state index in [-0.39, 0.29) is 0 Å². The van der Waals surface area contributed by atoms with E-state index in [9.17, 15) is 0 Å². The van der Waals surface area contributed by atoms with Crippen molar-refractivity contribution >= 4 is 17.4 Å². The normalized spacial score (nSPS) is 10.6. The SMILES string of the molecule is Cc1nc(Cl)c(C)c(NCc2ccn(C)n2)n1. The minimum absolute atomic E-state index is 0.487. The zero-order valence-corrected chi connectivity index (χ0v) is 10.8. The summed E-state index contributed by atoms with van der Waals surface area (Å²) in [7, 11) is 1.89. The zero-order valence-electron chi connectivity index (χ0n) is 10.0. The van der Waals surface area contributed by atoms with Crippen molar-refractivity contribution in [3.05, 3.63) is 34.5 Å². The smallest absolute Gasteiger partial charge is 0.137 e. The van der Waals surface area contributed by atoms with Crippen molar-refractivity contribution in [2.75, 3.05) is 5.32 Å². The summed E-state index contributed by atoms with van der Waals surface area (Å²) in [6.45, 7) is 4.33. The van der Waals surface area contributed by atoms with Crippen molar-refractivity contribution in [3.8, 4) is 0 Å². The lowest BCUT2D eigenvalue weighted by atomic mass is 10.3. The molecule has 0 aromatic carbocycles. The minimum atomic E-state index is 0.487. The molecule has 0 aliphatic carbocycles. The molecular formula is C11H14ClN5. The Morgan fingerprint density at radius 1 is 1.35 bits per heavy atom. The molecule has 0 saturated carbocycles. The Bertz CT molecular complexity index is 535. The molecule has 0 unspecified atom stereocenters. The van der Waals surface area contributed by atoms with Gasteiger partial charge in [-0.2, -0.15) is 5.10 Å². The van der Waals surface area contributed by atoms with E-state index in [0.29, 0.717) is 17.5 Å². The second kappa shape index (κ2) is 4.71. The van der Waals surface area contributed by atoms with Crippen LogP contribution in [0.4, 0.5) is 5.82 Å². The van der Waals surface area contributed by atoms with E-state index in [0.717, 1.165) is 17.1 Å². The van der Waals surface area contributed by atoms with Crippen molar-refractivity contribution in [1.29, 1.82) is 0 Å².